The molecule has 0 rings (SSSR count). The SMILES string of the molecule is CCCCCCCC(=O)O[C@@H](COC(=O)CCCCCCCCCCCCCCCC(C)C)COC(=O)CCCCCCCCCCC(C)CC. The van der Waals surface area contributed by atoms with Crippen molar-refractivity contribution in [2.75, 3.05) is 13.2 Å². The number of ether oxygens (including phenoxy) is 3. The highest BCUT2D eigenvalue weighted by molar-refractivity contribution is 5.71. The topological polar surface area (TPSA) is 78.9 Å². The van der Waals surface area contributed by atoms with Gasteiger partial charge in [0.05, 0.1) is 0 Å². The predicted octanol–water partition coefficient (Wildman–Crippen LogP) is 13.8. The van der Waals surface area contributed by atoms with Gasteiger partial charge in [-0.05, 0) is 31.1 Å². The lowest BCUT2D eigenvalue weighted by molar-refractivity contribution is -0.167. The Morgan fingerprint density at radius 2 is 0.745 bits per heavy atom. The molecule has 6 heteroatoms. The molecule has 0 saturated heterocycles. The van der Waals surface area contributed by atoms with Crippen molar-refractivity contribution in [3.63, 3.8) is 0 Å². The Hall–Kier alpha value is -1.59. The first-order valence-electron chi connectivity index (χ1n) is 22.3. The van der Waals surface area contributed by atoms with Crippen molar-refractivity contribution in [1.29, 1.82) is 0 Å². The van der Waals surface area contributed by atoms with Crippen molar-refractivity contribution in [2.24, 2.45) is 11.8 Å². The summed E-state index contributed by atoms with van der Waals surface area (Å²) in [4.78, 5) is 37.4. The maximum Gasteiger partial charge on any atom is 0.306 e. The third-order valence-electron chi connectivity index (χ3n) is 10.3. The lowest BCUT2D eigenvalue weighted by Crippen LogP contribution is -2.30. The molecule has 0 saturated carbocycles. The monoisotopic (exact) mass is 723 g/mol. The van der Waals surface area contributed by atoms with Gasteiger partial charge in [0.25, 0.3) is 0 Å². The molecule has 0 aromatic heterocycles. The van der Waals surface area contributed by atoms with E-state index in [1.807, 2.05) is 0 Å². The van der Waals surface area contributed by atoms with Crippen LogP contribution in [0.15, 0.2) is 0 Å². The molecular formula is C45H86O6. The molecule has 0 N–H and O–H groups in total. The highest BCUT2D eigenvalue weighted by atomic mass is 16.6. The van der Waals surface area contributed by atoms with Crippen LogP contribution in [-0.2, 0) is 28.6 Å². The van der Waals surface area contributed by atoms with E-state index < -0.39 is 6.10 Å². The average Bonchev–Trinajstić information content (AvgIpc) is 3.11. The van der Waals surface area contributed by atoms with Gasteiger partial charge in [-0.2, -0.15) is 0 Å². The van der Waals surface area contributed by atoms with Crippen molar-refractivity contribution >= 4 is 17.9 Å². The van der Waals surface area contributed by atoms with Crippen molar-refractivity contribution < 1.29 is 28.6 Å². The summed E-state index contributed by atoms with van der Waals surface area (Å²) >= 11 is 0. The largest absolute Gasteiger partial charge is 0.462 e. The van der Waals surface area contributed by atoms with E-state index >= 15 is 0 Å². The summed E-state index contributed by atoms with van der Waals surface area (Å²) in [5, 5.41) is 0. The summed E-state index contributed by atoms with van der Waals surface area (Å²) in [7, 11) is 0. The number of unbranched alkanes of at least 4 members (excludes halogenated alkanes) is 23. The summed E-state index contributed by atoms with van der Waals surface area (Å²) in [6.45, 7) is 11.3. The molecule has 302 valence electrons. The number of carbonyl (C=O) groups is 3. The highest BCUT2D eigenvalue weighted by Gasteiger charge is 2.19. The lowest BCUT2D eigenvalue weighted by atomic mass is 9.99. The second kappa shape index (κ2) is 38.1. The molecule has 0 aromatic rings. The van der Waals surface area contributed by atoms with Crippen molar-refractivity contribution in [1.82, 2.24) is 0 Å². The van der Waals surface area contributed by atoms with Crippen LogP contribution < -0.4 is 0 Å². The van der Waals surface area contributed by atoms with Crippen LogP contribution in [0, 0.1) is 11.8 Å². The zero-order valence-corrected chi connectivity index (χ0v) is 34.7. The van der Waals surface area contributed by atoms with E-state index in [0.29, 0.717) is 19.3 Å². The molecule has 0 aliphatic rings. The molecular weight excluding hydrogens is 636 g/mol. The van der Waals surface area contributed by atoms with Crippen LogP contribution in [0.2, 0.25) is 0 Å². The van der Waals surface area contributed by atoms with E-state index in [4.69, 9.17) is 14.2 Å². The summed E-state index contributed by atoms with van der Waals surface area (Å²) in [5.41, 5.74) is 0. The maximum absolute atomic E-state index is 12.5. The van der Waals surface area contributed by atoms with E-state index in [1.165, 1.54) is 122 Å². The van der Waals surface area contributed by atoms with E-state index in [0.717, 1.165) is 76.0 Å². The molecule has 0 aliphatic heterocycles. The Labute approximate surface area is 317 Å². The van der Waals surface area contributed by atoms with Gasteiger partial charge in [0.1, 0.15) is 13.2 Å². The molecule has 51 heavy (non-hydrogen) atoms. The number of hydrogen-bond donors (Lipinski definition) is 0. The predicted molar refractivity (Wildman–Crippen MR) is 215 cm³/mol. The van der Waals surface area contributed by atoms with Gasteiger partial charge in [0.2, 0.25) is 0 Å². The molecule has 0 amide bonds. The molecule has 1 unspecified atom stereocenters. The lowest BCUT2D eigenvalue weighted by Gasteiger charge is -2.18. The average molecular weight is 723 g/mol. The Morgan fingerprint density at radius 1 is 0.412 bits per heavy atom. The van der Waals surface area contributed by atoms with Crippen LogP contribution >= 0.6 is 0 Å². The Balaban J connectivity index is 4.15. The Kier molecular flexibility index (Phi) is 37.0. The van der Waals surface area contributed by atoms with E-state index in [1.54, 1.807) is 0 Å². The highest BCUT2D eigenvalue weighted by Crippen LogP contribution is 2.17. The number of rotatable bonds is 39. The van der Waals surface area contributed by atoms with E-state index in [-0.39, 0.29) is 31.1 Å². The minimum atomic E-state index is -0.758. The number of esters is 3. The molecule has 2 atom stereocenters. The van der Waals surface area contributed by atoms with Crippen LogP contribution in [0.25, 0.3) is 0 Å². The van der Waals surface area contributed by atoms with E-state index in [9.17, 15) is 14.4 Å². The molecule has 0 aliphatic carbocycles. The molecule has 6 nitrogen and oxygen atoms in total. The molecule has 0 radical (unpaired) electrons. The molecule has 0 heterocycles. The van der Waals surface area contributed by atoms with Gasteiger partial charge in [-0.15, -0.1) is 0 Å². The zero-order valence-electron chi connectivity index (χ0n) is 34.7. The van der Waals surface area contributed by atoms with Crippen LogP contribution in [0.1, 0.15) is 240 Å². The van der Waals surface area contributed by atoms with Gasteiger partial charge in [0.15, 0.2) is 6.10 Å². The smallest absolute Gasteiger partial charge is 0.306 e. The van der Waals surface area contributed by atoms with E-state index in [2.05, 4.69) is 34.6 Å². The van der Waals surface area contributed by atoms with Crippen molar-refractivity contribution in [3.8, 4) is 0 Å². The number of hydrogen-bond acceptors (Lipinski definition) is 6. The third kappa shape index (κ3) is 38.0. The zero-order chi connectivity index (χ0) is 37.6. The maximum atomic E-state index is 12.5. The van der Waals surface area contributed by atoms with Crippen molar-refractivity contribution in [3.05, 3.63) is 0 Å². The molecule has 0 aromatic carbocycles. The van der Waals surface area contributed by atoms with Gasteiger partial charge >= 0.3 is 17.9 Å². The summed E-state index contributed by atoms with van der Waals surface area (Å²) in [6, 6.07) is 0. The van der Waals surface area contributed by atoms with Gasteiger partial charge in [0, 0.05) is 19.3 Å². The first kappa shape index (κ1) is 49.4. The third-order valence-corrected chi connectivity index (χ3v) is 10.3. The molecule has 0 fully saturated rings. The first-order chi connectivity index (χ1) is 24.8. The molecule has 0 bridgehead atoms. The fraction of sp³-hybridized carbons (Fsp3) is 0.933. The molecule has 0 spiro atoms. The minimum absolute atomic E-state index is 0.0665. The van der Waals surface area contributed by atoms with Gasteiger partial charge in [-0.25, -0.2) is 0 Å². The van der Waals surface area contributed by atoms with Crippen molar-refractivity contribution in [2.45, 2.75) is 246 Å². The minimum Gasteiger partial charge on any atom is -0.462 e. The van der Waals surface area contributed by atoms with Gasteiger partial charge in [-0.3, -0.25) is 14.4 Å². The van der Waals surface area contributed by atoms with Crippen LogP contribution in [0.5, 0.6) is 0 Å². The normalized spacial score (nSPS) is 12.6. The summed E-state index contributed by atoms with van der Waals surface area (Å²) in [5.74, 6) is 0.814. The second-order valence-electron chi connectivity index (χ2n) is 16.1. The second-order valence-corrected chi connectivity index (χ2v) is 16.1. The Morgan fingerprint density at radius 3 is 1.12 bits per heavy atom. The quantitative estimate of drug-likeness (QED) is 0.0357. The fourth-order valence-electron chi connectivity index (χ4n) is 6.54. The summed E-state index contributed by atoms with van der Waals surface area (Å²) in [6.07, 6.45) is 35.4. The van der Waals surface area contributed by atoms with Gasteiger partial charge < -0.3 is 14.2 Å². The standard InChI is InChI=1S/C45H86O6/c1-6-8-9-23-32-37-45(48)51-42(39-50-44(47)36-31-27-22-18-17-20-25-29-34-41(5)7-2)38-49-43(46)35-30-26-21-16-14-12-10-11-13-15-19-24-28-33-40(3)4/h40-42H,6-39H2,1-5H3/t41?,42-/m0/s1. The van der Waals surface area contributed by atoms with Crippen LogP contribution in [-0.4, -0.2) is 37.2 Å². The number of carbonyl (C=O) groups excluding carboxylic acids is 3. The fourth-order valence-corrected chi connectivity index (χ4v) is 6.54. The van der Waals surface area contributed by atoms with Crippen LogP contribution in [0.4, 0.5) is 0 Å². The summed E-state index contributed by atoms with van der Waals surface area (Å²) < 4.78 is 16.6. The van der Waals surface area contributed by atoms with Gasteiger partial charge in [-0.1, -0.05) is 202 Å². The Bertz CT molecular complexity index is 781. The van der Waals surface area contributed by atoms with Crippen LogP contribution in [0.3, 0.4) is 0 Å². The first-order valence-corrected chi connectivity index (χ1v) is 22.3.